The van der Waals surface area contributed by atoms with Crippen molar-refractivity contribution in [2.75, 3.05) is 0 Å². The van der Waals surface area contributed by atoms with Crippen LogP contribution in [0.25, 0.3) is 0 Å². The largest absolute Gasteiger partial charge is 0.504 e. The van der Waals surface area contributed by atoms with Gasteiger partial charge in [-0.05, 0) is 18.6 Å². The SMILES string of the molecule is CCC(C)C(=O)Oc1ccc(O)c(O)c1. The van der Waals surface area contributed by atoms with Gasteiger partial charge in [-0.25, -0.2) is 0 Å². The smallest absolute Gasteiger partial charge is 0.314 e. The van der Waals surface area contributed by atoms with Crippen molar-refractivity contribution in [3.05, 3.63) is 18.2 Å². The fourth-order valence-electron chi connectivity index (χ4n) is 0.950. The lowest BCUT2D eigenvalue weighted by Gasteiger charge is -2.09. The molecule has 1 unspecified atom stereocenters. The third-order valence-corrected chi connectivity index (χ3v) is 2.18. The average Bonchev–Trinajstić information content (AvgIpc) is 2.22. The van der Waals surface area contributed by atoms with Crippen molar-refractivity contribution >= 4 is 5.97 Å². The monoisotopic (exact) mass is 210 g/mol. The summed E-state index contributed by atoms with van der Waals surface area (Å²) in [6.45, 7) is 3.66. The number of esters is 1. The van der Waals surface area contributed by atoms with Crippen molar-refractivity contribution in [1.29, 1.82) is 0 Å². The zero-order valence-corrected chi connectivity index (χ0v) is 8.73. The summed E-state index contributed by atoms with van der Waals surface area (Å²) in [4.78, 5) is 11.4. The Bertz CT molecular complexity index is 360. The molecule has 0 heterocycles. The molecule has 0 bridgehead atoms. The van der Waals surface area contributed by atoms with Gasteiger partial charge < -0.3 is 14.9 Å². The molecule has 0 aliphatic heterocycles. The summed E-state index contributed by atoms with van der Waals surface area (Å²) in [5.74, 6) is -0.832. The minimum Gasteiger partial charge on any atom is -0.504 e. The zero-order valence-electron chi connectivity index (χ0n) is 8.73. The van der Waals surface area contributed by atoms with Crippen molar-refractivity contribution < 1.29 is 19.7 Å². The Labute approximate surface area is 88.1 Å². The highest BCUT2D eigenvalue weighted by atomic mass is 16.5. The Morgan fingerprint density at radius 2 is 2.07 bits per heavy atom. The predicted molar refractivity (Wildman–Crippen MR) is 54.9 cm³/mol. The Morgan fingerprint density at radius 1 is 1.40 bits per heavy atom. The predicted octanol–water partition coefficient (Wildman–Crippen LogP) is 2.05. The number of ether oxygens (including phenoxy) is 1. The highest BCUT2D eigenvalue weighted by Gasteiger charge is 2.13. The summed E-state index contributed by atoms with van der Waals surface area (Å²) in [6, 6.07) is 3.90. The van der Waals surface area contributed by atoms with Gasteiger partial charge in [-0.15, -0.1) is 0 Å². The molecule has 0 aromatic heterocycles. The van der Waals surface area contributed by atoms with Gasteiger partial charge in [0.05, 0.1) is 5.92 Å². The molecule has 0 aliphatic carbocycles. The molecule has 1 rings (SSSR count). The Balaban J connectivity index is 2.73. The molecule has 0 saturated carbocycles. The lowest BCUT2D eigenvalue weighted by atomic mass is 10.1. The number of hydrogen-bond donors (Lipinski definition) is 2. The highest BCUT2D eigenvalue weighted by molar-refractivity contribution is 5.74. The average molecular weight is 210 g/mol. The minimum absolute atomic E-state index is 0.180. The molecule has 0 radical (unpaired) electrons. The molecule has 1 aromatic carbocycles. The quantitative estimate of drug-likeness (QED) is 0.455. The topological polar surface area (TPSA) is 66.8 Å². The van der Waals surface area contributed by atoms with E-state index in [0.717, 1.165) is 0 Å². The second-order valence-electron chi connectivity index (χ2n) is 3.38. The van der Waals surface area contributed by atoms with Crippen molar-refractivity contribution in [1.82, 2.24) is 0 Å². The van der Waals surface area contributed by atoms with Crippen LogP contribution in [0.3, 0.4) is 0 Å². The molecule has 2 N–H and O–H groups in total. The summed E-state index contributed by atoms with van der Waals surface area (Å²) in [5.41, 5.74) is 0. The lowest BCUT2D eigenvalue weighted by molar-refractivity contribution is -0.138. The first kappa shape index (κ1) is 11.4. The van der Waals surface area contributed by atoms with Gasteiger partial charge >= 0.3 is 5.97 Å². The van der Waals surface area contributed by atoms with Gasteiger partial charge in [0.1, 0.15) is 5.75 Å². The third-order valence-electron chi connectivity index (χ3n) is 2.18. The fraction of sp³-hybridized carbons (Fsp3) is 0.364. The third kappa shape index (κ3) is 2.87. The molecule has 0 aliphatic rings. The number of carbonyl (C=O) groups excluding carboxylic acids is 1. The molecule has 15 heavy (non-hydrogen) atoms. The van der Waals surface area contributed by atoms with Gasteiger partial charge in [-0.1, -0.05) is 13.8 Å². The van der Waals surface area contributed by atoms with Crippen LogP contribution in [0.4, 0.5) is 0 Å². The van der Waals surface area contributed by atoms with Crippen molar-refractivity contribution in [2.45, 2.75) is 20.3 Å². The molecule has 0 fully saturated rings. The molecule has 1 atom stereocenters. The molecular weight excluding hydrogens is 196 g/mol. The van der Waals surface area contributed by atoms with Gasteiger partial charge in [0.15, 0.2) is 11.5 Å². The van der Waals surface area contributed by atoms with Gasteiger partial charge in [-0.2, -0.15) is 0 Å². The molecule has 0 spiro atoms. The van der Waals surface area contributed by atoms with Gasteiger partial charge in [0.2, 0.25) is 0 Å². The number of phenolic OH excluding ortho intramolecular Hbond substituents is 2. The maximum Gasteiger partial charge on any atom is 0.314 e. The van der Waals surface area contributed by atoms with Gasteiger partial charge in [-0.3, -0.25) is 4.79 Å². The van der Waals surface area contributed by atoms with E-state index < -0.39 is 0 Å². The van der Waals surface area contributed by atoms with E-state index in [1.54, 1.807) is 6.92 Å². The van der Waals surface area contributed by atoms with Crippen LogP contribution in [0.15, 0.2) is 18.2 Å². The highest BCUT2D eigenvalue weighted by Crippen LogP contribution is 2.29. The van der Waals surface area contributed by atoms with Crippen LogP contribution in [0, 0.1) is 5.92 Å². The van der Waals surface area contributed by atoms with Crippen LogP contribution in [-0.2, 0) is 4.79 Å². The summed E-state index contributed by atoms with van der Waals surface area (Å²) in [7, 11) is 0. The maximum absolute atomic E-state index is 11.4. The van der Waals surface area contributed by atoms with Crippen LogP contribution >= 0.6 is 0 Å². The van der Waals surface area contributed by atoms with Crippen LogP contribution in [-0.4, -0.2) is 16.2 Å². The maximum atomic E-state index is 11.4. The molecular formula is C11H14O4. The van der Waals surface area contributed by atoms with E-state index in [2.05, 4.69) is 0 Å². The van der Waals surface area contributed by atoms with Crippen LogP contribution in [0.5, 0.6) is 17.2 Å². The molecule has 0 amide bonds. The standard InChI is InChI=1S/C11H14O4/c1-3-7(2)11(14)15-8-4-5-9(12)10(13)6-8/h4-7,12-13H,3H2,1-2H3. The van der Waals surface area contributed by atoms with Crippen LogP contribution < -0.4 is 4.74 Å². The van der Waals surface area contributed by atoms with Crippen LogP contribution in [0.2, 0.25) is 0 Å². The molecule has 4 heteroatoms. The van der Waals surface area contributed by atoms with Gasteiger partial charge in [0, 0.05) is 6.07 Å². The number of hydrogen-bond acceptors (Lipinski definition) is 4. The van der Waals surface area contributed by atoms with Crippen molar-refractivity contribution in [2.24, 2.45) is 5.92 Å². The fourth-order valence-corrected chi connectivity index (χ4v) is 0.950. The number of benzene rings is 1. The van der Waals surface area contributed by atoms with Crippen molar-refractivity contribution in [3.63, 3.8) is 0 Å². The number of phenols is 2. The second kappa shape index (κ2) is 4.68. The van der Waals surface area contributed by atoms with Crippen molar-refractivity contribution in [3.8, 4) is 17.2 Å². The van der Waals surface area contributed by atoms with E-state index in [9.17, 15) is 4.79 Å². The second-order valence-corrected chi connectivity index (χ2v) is 3.38. The zero-order chi connectivity index (χ0) is 11.4. The summed E-state index contributed by atoms with van der Waals surface area (Å²) in [5, 5.41) is 18.2. The number of rotatable bonds is 3. The Morgan fingerprint density at radius 3 is 2.60 bits per heavy atom. The number of aromatic hydroxyl groups is 2. The first-order valence-electron chi connectivity index (χ1n) is 4.78. The van der Waals surface area contributed by atoms with E-state index >= 15 is 0 Å². The van der Waals surface area contributed by atoms with E-state index in [0.29, 0.717) is 6.42 Å². The van der Waals surface area contributed by atoms with Crippen LogP contribution in [0.1, 0.15) is 20.3 Å². The first-order chi connectivity index (χ1) is 7.04. The van der Waals surface area contributed by atoms with E-state index in [4.69, 9.17) is 14.9 Å². The Hall–Kier alpha value is -1.71. The Kier molecular flexibility index (Phi) is 3.55. The molecule has 1 aromatic rings. The number of carbonyl (C=O) groups is 1. The molecule has 82 valence electrons. The van der Waals surface area contributed by atoms with E-state index in [-0.39, 0.29) is 29.1 Å². The first-order valence-corrected chi connectivity index (χ1v) is 4.78. The molecule has 0 saturated heterocycles. The van der Waals surface area contributed by atoms with Gasteiger partial charge in [0.25, 0.3) is 0 Å². The summed E-state index contributed by atoms with van der Waals surface area (Å²) in [6.07, 6.45) is 0.697. The minimum atomic E-state index is -0.345. The summed E-state index contributed by atoms with van der Waals surface area (Å²) >= 11 is 0. The normalized spacial score (nSPS) is 12.1. The van der Waals surface area contributed by atoms with E-state index in [1.165, 1.54) is 18.2 Å². The molecule has 4 nitrogen and oxygen atoms in total. The summed E-state index contributed by atoms with van der Waals surface area (Å²) < 4.78 is 4.99. The van der Waals surface area contributed by atoms with E-state index in [1.807, 2.05) is 6.92 Å². The lowest BCUT2D eigenvalue weighted by Crippen LogP contribution is -2.16.